The number of hydrogen-bond acceptors (Lipinski definition) is 5. The van der Waals surface area contributed by atoms with E-state index in [0.717, 1.165) is 24.2 Å². The predicted octanol–water partition coefficient (Wildman–Crippen LogP) is 1.70. The Labute approximate surface area is 151 Å². The Bertz CT molecular complexity index is 833. The van der Waals surface area contributed by atoms with Gasteiger partial charge in [-0.05, 0) is 18.9 Å². The van der Waals surface area contributed by atoms with Crippen molar-refractivity contribution in [2.45, 2.75) is 30.7 Å². The van der Waals surface area contributed by atoms with Gasteiger partial charge in [-0.25, -0.2) is 8.42 Å². The number of fused-ring (bicyclic) bond motifs is 1. The number of aliphatic imine (C=N–C) groups is 1. The number of para-hydroxylation sites is 1. The Balaban J connectivity index is 1.64. The smallest absolute Gasteiger partial charge is 0.251 e. The Hall–Kier alpha value is -1.54. The van der Waals surface area contributed by atoms with Crippen LogP contribution < -0.4 is 4.74 Å². The molecule has 1 aromatic rings. The van der Waals surface area contributed by atoms with Crippen LogP contribution in [0.3, 0.4) is 0 Å². The average Bonchev–Trinajstić information content (AvgIpc) is 3.32. The van der Waals surface area contributed by atoms with Crippen LogP contribution in [0.1, 0.15) is 18.4 Å². The molecule has 134 valence electrons. The second kappa shape index (κ2) is 6.32. The molecule has 0 aromatic heterocycles. The standard InChI is InChI=1S/C17H20N2O4S2/c1-23-14-5-3-2-4-12(14)8-19-13-9-25(21,22)10-15(13)24-17(19)18-16(20)11-6-7-11/h2-5,11,13,15H,6-10H2,1H3. The van der Waals surface area contributed by atoms with Gasteiger partial charge in [-0.15, -0.1) is 0 Å². The largest absolute Gasteiger partial charge is 0.496 e. The lowest BCUT2D eigenvalue weighted by Crippen LogP contribution is -2.37. The minimum atomic E-state index is -3.04. The summed E-state index contributed by atoms with van der Waals surface area (Å²) in [4.78, 5) is 18.5. The van der Waals surface area contributed by atoms with Crippen molar-refractivity contribution in [3.05, 3.63) is 29.8 Å². The molecule has 0 spiro atoms. The molecule has 2 unspecified atom stereocenters. The summed E-state index contributed by atoms with van der Waals surface area (Å²) in [5.41, 5.74) is 0.960. The monoisotopic (exact) mass is 380 g/mol. The van der Waals surface area contributed by atoms with Gasteiger partial charge in [-0.3, -0.25) is 4.79 Å². The molecular weight excluding hydrogens is 360 g/mol. The van der Waals surface area contributed by atoms with Gasteiger partial charge < -0.3 is 9.64 Å². The first-order valence-corrected chi connectivity index (χ1v) is 11.0. The third-order valence-corrected chi connectivity index (χ3v) is 8.09. The van der Waals surface area contributed by atoms with Crippen molar-refractivity contribution in [1.82, 2.24) is 4.90 Å². The molecule has 6 nitrogen and oxygen atoms in total. The highest BCUT2D eigenvalue weighted by Gasteiger charge is 2.49. The van der Waals surface area contributed by atoms with E-state index in [1.807, 2.05) is 29.2 Å². The van der Waals surface area contributed by atoms with Crippen molar-refractivity contribution in [3.8, 4) is 5.75 Å². The summed E-state index contributed by atoms with van der Waals surface area (Å²) >= 11 is 1.43. The van der Waals surface area contributed by atoms with Crippen molar-refractivity contribution >= 4 is 32.7 Å². The molecule has 3 aliphatic rings. The number of carbonyl (C=O) groups is 1. The van der Waals surface area contributed by atoms with Crippen LogP contribution in [-0.2, 0) is 21.2 Å². The first-order chi connectivity index (χ1) is 12.0. The van der Waals surface area contributed by atoms with Crippen LogP contribution in [0.15, 0.2) is 29.3 Å². The third-order valence-electron chi connectivity index (χ3n) is 4.84. The van der Waals surface area contributed by atoms with Crippen molar-refractivity contribution in [2.75, 3.05) is 18.6 Å². The molecule has 0 N–H and O–H groups in total. The number of hydrogen-bond donors (Lipinski definition) is 0. The second-order valence-electron chi connectivity index (χ2n) is 6.75. The zero-order valence-electron chi connectivity index (χ0n) is 13.9. The fraction of sp³-hybridized carbons (Fsp3) is 0.529. The normalized spacial score (nSPS) is 29.0. The van der Waals surface area contributed by atoms with Crippen molar-refractivity contribution in [1.29, 1.82) is 0 Å². The lowest BCUT2D eigenvalue weighted by Gasteiger charge is -2.25. The fourth-order valence-corrected chi connectivity index (χ4v) is 7.31. The maximum absolute atomic E-state index is 12.2. The zero-order valence-corrected chi connectivity index (χ0v) is 15.6. The van der Waals surface area contributed by atoms with Crippen LogP contribution in [0.25, 0.3) is 0 Å². The van der Waals surface area contributed by atoms with Gasteiger partial charge in [0.15, 0.2) is 15.0 Å². The van der Waals surface area contributed by atoms with E-state index >= 15 is 0 Å². The summed E-state index contributed by atoms with van der Waals surface area (Å²) in [5, 5.41) is 0.609. The highest BCUT2D eigenvalue weighted by atomic mass is 32.2. The predicted molar refractivity (Wildman–Crippen MR) is 97.5 cm³/mol. The molecule has 1 saturated carbocycles. The van der Waals surface area contributed by atoms with E-state index in [2.05, 4.69) is 4.99 Å². The fourth-order valence-electron chi connectivity index (χ4n) is 3.35. The minimum absolute atomic E-state index is 0.0505. The number of amides is 1. The van der Waals surface area contributed by atoms with Crippen molar-refractivity contribution in [3.63, 3.8) is 0 Å². The number of carbonyl (C=O) groups excluding carboxylic acids is 1. The summed E-state index contributed by atoms with van der Waals surface area (Å²) in [6, 6.07) is 7.53. The number of amidine groups is 1. The number of benzene rings is 1. The van der Waals surface area contributed by atoms with Gasteiger partial charge in [0, 0.05) is 23.3 Å². The molecule has 1 aliphatic carbocycles. The van der Waals surface area contributed by atoms with Crippen LogP contribution in [0.4, 0.5) is 0 Å². The topological polar surface area (TPSA) is 76.0 Å². The van der Waals surface area contributed by atoms with Crippen LogP contribution >= 0.6 is 11.8 Å². The maximum atomic E-state index is 12.2. The Morgan fingerprint density at radius 3 is 2.80 bits per heavy atom. The third kappa shape index (κ3) is 3.42. The molecule has 3 fully saturated rings. The summed E-state index contributed by atoms with van der Waals surface area (Å²) in [5.74, 6) is 1.02. The number of sulfone groups is 1. The number of thioether (sulfide) groups is 1. The Kier molecular flexibility index (Phi) is 4.27. The van der Waals surface area contributed by atoms with E-state index in [9.17, 15) is 13.2 Å². The summed E-state index contributed by atoms with van der Waals surface area (Å²) in [6.45, 7) is 0.491. The minimum Gasteiger partial charge on any atom is -0.496 e. The van der Waals surface area contributed by atoms with Crippen LogP contribution in [0, 0.1) is 5.92 Å². The zero-order chi connectivity index (χ0) is 17.6. The van der Waals surface area contributed by atoms with E-state index in [1.165, 1.54) is 11.8 Å². The SMILES string of the molecule is COc1ccccc1CN1C(=NC(=O)C2CC2)SC2CS(=O)(=O)CC21. The first kappa shape index (κ1) is 16.9. The molecule has 25 heavy (non-hydrogen) atoms. The van der Waals surface area contributed by atoms with E-state index in [1.54, 1.807) is 7.11 Å². The van der Waals surface area contributed by atoms with Gasteiger partial charge >= 0.3 is 0 Å². The summed E-state index contributed by atoms with van der Waals surface area (Å²) in [7, 11) is -1.42. The lowest BCUT2D eigenvalue weighted by atomic mass is 10.1. The van der Waals surface area contributed by atoms with E-state index in [0.29, 0.717) is 11.7 Å². The molecular formula is C17H20N2O4S2. The lowest BCUT2D eigenvalue weighted by molar-refractivity contribution is -0.118. The number of nitrogens with zero attached hydrogens (tertiary/aromatic N) is 2. The molecule has 0 radical (unpaired) electrons. The molecule has 1 amide bonds. The average molecular weight is 380 g/mol. The van der Waals surface area contributed by atoms with E-state index in [4.69, 9.17) is 4.74 Å². The van der Waals surface area contributed by atoms with Crippen molar-refractivity contribution < 1.29 is 17.9 Å². The Morgan fingerprint density at radius 1 is 1.32 bits per heavy atom. The summed E-state index contributed by atoms with van der Waals surface area (Å²) in [6.07, 6.45) is 1.82. The first-order valence-electron chi connectivity index (χ1n) is 8.35. The summed E-state index contributed by atoms with van der Waals surface area (Å²) < 4.78 is 29.5. The number of rotatable bonds is 4. The molecule has 2 heterocycles. The van der Waals surface area contributed by atoms with Crippen LogP contribution in [-0.4, -0.2) is 54.3 Å². The van der Waals surface area contributed by atoms with Gasteiger partial charge in [0.1, 0.15) is 5.75 Å². The van der Waals surface area contributed by atoms with Gasteiger partial charge in [0.2, 0.25) is 0 Å². The number of methoxy groups -OCH3 is 1. The van der Waals surface area contributed by atoms with Gasteiger partial charge in [0.05, 0.1) is 24.7 Å². The quantitative estimate of drug-likeness (QED) is 0.791. The van der Waals surface area contributed by atoms with Crippen LogP contribution in [0.2, 0.25) is 0 Å². The highest BCUT2D eigenvalue weighted by Crippen LogP contribution is 2.40. The van der Waals surface area contributed by atoms with E-state index in [-0.39, 0.29) is 34.6 Å². The molecule has 0 bridgehead atoms. The van der Waals surface area contributed by atoms with Gasteiger partial charge in [0.25, 0.3) is 5.91 Å². The van der Waals surface area contributed by atoms with Crippen LogP contribution in [0.5, 0.6) is 5.75 Å². The molecule has 4 rings (SSSR count). The molecule has 2 atom stereocenters. The van der Waals surface area contributed by atoms with Gasteiger partial charge in [-0.2, -0.15) is 4.99 Å². The maximum Gasteiger partial charge on any atom is 0.251 e. The molecule has 1 aromatic carbocycles. The number of ether oxygens (including phenoxy) is 1. The second-order valence-corrected chi connectivity index (χ2v) is 10.1. The molecule has 2 saturated heterocycles. The van der Waals surface area contributed by atoms with Gasteiger partial charge in [-0.1, -0.05) is 30.0 Å². The molecule has 8 heteroatoms. The molecule has 2 aliphatic heterocycles. The Morgan fingerprint density at radius 2 is 2.08 bits per heavy atom. The highest BCUT2D eigenvalue weighted by molar-refractivity contribution is 8.15. The van der Waals surface area contributed by atoms with E-state index < -0.39 is 9.84 Å². The van der Waals surface area contributed by atoms with Crippen molar-refractivity contribution in [2.24, 2.45) is 10.9 Å².